The van der Waals surface area contributed by atoms with E-state index >= 15 is 0 Å². The average Bonchev–Trinajstić information content (AvgIpc) is 3.38. The molecule has 7 heteroatoms. The molecule has 1 aliphatic carbocycles. The highest BCUT2D eigenvalue weighted by molar-refractivity contribution is 5.84. The molecule has 7 nitrogen and oxygen atoms in total. The number of hydrogen-bond donors (Lipinski definition) is 2. The van der Waals surface area contributed by atoms with Crippen molar-refractivity contribution in [2.24, 2.45) is 11.7 Å². The molecule has 5 rings (SSSR count). The Balaban J connectivity index is 1.33. The minimum absolute atomic E-state index is 0.248. The molecule has 2 unspecified atom stereocenters. The summed E-state index contributed by atoms with van der Waals surface area (Å²) in [5.41, 5.74) is 15.4. The first kappa shape index (κ1) is 19.5. The Hall–Kier alpha value is -3.48. The third-order valence-electron chi connectivity index (χ3n) is 6.50. The van der Waals surface area contributed by atoms with Gasteiger partial charge in [0.05, 0.1) is 11.9 Å². The van der Waals surface area contributed by atoms with Gasteiger partial charge in [0.15, 0.2) is 0 Å². The van der Waals surface area contributed by atoms with Crippen LogP contribution in [0.5, 0.6) is 0 Å². The Morgan fingerprint density at radius 1 is 1.13 bits per heavy atom. The molecule has 0 aliphatic heterocycles. The summed E-state index contributed by atoms with van der Waals surface area (Å²) in [4.78, 5) is 24.7. The number of carbonyl (C=O) groups excluding carboxylic acids is 1. The van der Waals surface area contributed by atoms with Crippen molar-refractivity contribution in [2.45, 2.75) is 44.6 Å². The van der Waals surface area contributed by atoms with Crippen LogP contribution in [0.4, 0.5) is 5.82 Å². The molecular formula is C24H26N6O. The fourth-order valence-electron chi connectivity index (χ4n) is 4.98. The van der Waals surface area contributed by atoms with E-state index < -0.39 is 0 Å². The summed E-state index contributed by atoms with van der Waals surface area (Å²) in [6.07, 6.45) is 11.3. The second-order valence-electron chi connectivity index (χ2n) is 8.59. The predicted molar refractivity (Wildman–Crippen MR) is 121 cm³/mol. The fraction of sp³-hybridized carbons (Fsp3) is 0.333. The largest absolute Gasteiger partial charge is 0.384 e. The normalized spacial score (nSPS) is 18.7. The molecule has 1 amide bonds. The zero-order valence-corrected chi connectivity index (χ0v) is 17.4. The molecule has 4 aromatic rings. The molecular weight excluding hydrogens is 388 g/mol. The van der Waals surface area contributed by atoms with E-state index in [0.717, 1.165) is 58.7 Å². The summed E-state index contributed by atoms with van der Waals surface area (Å²) in [5, 5.41) is 2.07. The third kappa shape index (κ3) is 3.95. The van der Waals surface area contributed by atoms with Crippen LogP contribution in [-0.2, 0) is 17.6 Å². The first-order chi connectivity index (χ1) is 15.1. The molecule has 3 heterocycles. The van der Waals surface area contributed by atoms with Gasteiger partial charge in [0.1, 0.15) is 17.8 Å². The van der Waals surface area contributed by atoms with Gasteiger partial charge in [0, 0.05) is 29.2 Å². The Bertz CT molecular complexity index is 1260. The van der Waals surface area contributed by atoms with Gasteiger partial charge in [-0.15, -0.1) is 0 Å². The number of fused-ring (bicyclic) bond motifs is 2. The molecule has 1 aromatic carbocycles. The summed E-state index contributed by atoms with van der Waals surface area (Å²) in [6, 6.07) is 10.4. The smallest absolute Gasteiger partial charge is 0.221 e. The average molecular weight is 415 g/mol. The Kier molecular flexibility index (Phi) is 5.02. The van der Waals surface area contributed by atoms with Crippen LogP contribution in [0, 0.1) is 5.92 Å². The minimum atomic E-state index is -0.314. The van der Waals surface area contributed by atoms with Crippen molar-refractivity contribution in [3.05, 3.63) is 60.2 Å². The molecule has 158 valence electrons. The van der Waals surface area contributed by atoms with Gasteiger partial charge in [0.25, 0.3) is 0 Å². The monoisotopic (exact) mass is 414 g/mol. The Labute approximate surface area is 180 Å². The number of nitrogens with zero attached hydrogens (tertiary/aromatic N) is 4. The zero-order valence-electron chi connectivity index (χ0n) is 17.4. The number of rotatable bonds is 6. The molecule has 4 N–H and O–H groups in total. The lowest BCUT2D eigenvalue weighted by molar-refractivity contribution is -0.117. The molecule has 2 atom stereocenters. The quantitative estimate of drug-likeness (QED) is 0.501. The predicted octanol–water partition coefficient (Wildman–Crippen LogP) is 3.56. The van der Waals surface area contributed by atoms with E-state index in [2.05, 4.69) is 37.8 Å². The summed E-state index contributed by atoms with van der Waals surface area (Å²) in [5.74, 6) is 0.823. The first-order valence-corrected chi connectivity index (χ1v) is 10.8. The van der Waals surface area contributed by atoms with Crippen molar-refractivity contribution in [1.29, 1.82) is 0 Å². The van der Waals surface area contributed by atoms with Gasteiger partial charge >= 0.3 is 0 Å². The number of hydrogen-bond acceptors (Lipinski definition) is 5. The highest BCUT2D eigenvalue weighted by Crippen LogP contribution is 2.38. The fourth-order valence-corrected chi connectivity index (χ4v) is 4.98. The second kappa shape index (κ2) is 7.98. The highest BCUT2D eigenvalue weighted by atomic mass is 16.1. The van der Waals surface area contributed by atoms with E-state index in [9.17, 15) is 4.79 Å². The van der Waals surface area contributed by atoms with E-state index in [1.165, 1.54) is 6.42 Å². The third-order valence-corrected chi connectivity index (χ3v) is 6.50. The number of anilines is 1. The van der Waals surface area contributed by atoms with E-state index in [0.29, 0.717) is 17.8 Å². The van der Waals surface area contributed by atoms with Crippen molar-refractivity contribution in [1.82, 2.24) is 19.5 Å². The zero-order chi connectivity index (χ0) is 21.4. The van der Waals surface area contributed by atoms with Crippen LogP contribution in [0.15, 0.2) is 49.1 Å². The molecule has 0 bridgehead atoms. The summed E-state index contributed by atoms with van der Waals surface area (Å²) in [7, 11) is 0. The number of pyridine rings is 1. The van der Waals surface area contributed by atoms with Crippen LogP contribution in [0.3, 0.4) is 0 Å². The van der Waals surface area contributed by atoms with Crippen LogP contribution in [0.25, 0.3) is 21.9 Å². The lowest BCUT2D eigenvalue weighted by Gasteiger charge is -2.15. The van der Waals surface area contributed by atoms with Crippen molar-refractivity contribution in [2.75, 3.05) is 5.73 Å². The standard InChI is InChI=1S/C24H26N6O/c25-22-6-4-17-10-19(12-23(26)31)16(11-21(17)29-22)3-1-15-2-5-20(9-15)30-8-7-18-13-27-14-28-24(18)30/h4,6-8,10-11,13-15,20H,1-3,5,9,12H2,(H2,25,29)(H2,26,31). The number of benzene rings is 1. The number of nitrogen functional groups attached to an aromatic ring is 1. The van der Waals surface area contributed by atoms with Crippen LogP contribution < -0.4 is 11.5 Å². The lowest BCUT2D eigenvalue weighted by Crippen LogP contribution is -2.15. The number of carbonyl (C=O) groups is 1. The van der Waals surface area contributed by atoms with Crippen LogP contribution in [0.2, 0.25) is 0 Å². The SMILES string of the molecule is NC(=O)Cc1cc2ccc(N)nc2cc1CCC1CCC(n2ccc3cncnc32)C1. The van der Waals surface area contributed by atoms with Crippen LogP contribution in [0.1, 0.15) is 42.9 Å². The lowest BCUT2D eigenvalue weighted by atomic mass is 9.93. The van der Waals surface area contributed by atoms with Gasteiger partial charge in [-0.3, -0.25) is 4.79 Å². The minimum Gasteiger partial charge on any atom is -0.384 e. The molecule has 0 spiro atoms. The summed E-state index contributed by atoms with van der Waals surface area (Å²) < 4.78 is 2.30. The number of amides is 1. The van der Waals surface area contributed by atoms with Gasteiger partial charge in [-0.05, 0) is 79.5 Å². The van der Waals surface area contributed by atoms with Gasteiger partial charge in [0.2, 0.25) is 5.91 Å². The maximum atomic E-state index is 11.6. The van der Waals surface area contributed by atoms with Gasteiger partial charge in [-0.2, -0.15) is 0 Å². The number of primary amides is 1. The molecule has 0 saturated heterocycles. The second-order valence-corrected chi connectivity index (χ2v) is 8.59. The summed E-state index contributed by atoms with van der Waals surface area (Å²) >= 11 is 0. The van der Waals surface area contributed by atoms with E-state index in [1.54, 1.807) is 12.4 Å². The van der Waals surface area contributed by atoms with Crippen molar-refractivity contribution in [3.63, 3.8) is 0 Å². The van der Waals surface area contributed by atoms with Crippen molar-refractivity contribution >= 4 is 33.7 Å². The number of aromatic nitrogens is 4. The molecule has 3 aromatic heterocycles. The Morgan fingerprint density at radius 3 is 2.90 bits per heavy atom. The molecule has 1 saturated carbocycles. The number of aryl methyl sites for hydroxylation is 1. The van der Waals surface area contributed by atoms with Gasteiger partial charge in [-0.25, -0.2) is 15.0 Å². The molecule has 1 aliphatic rings. The van der Waals surface area contributed by atoms with Gasteiger partial charge in [-0.1, -0.05) is 0 Å². The van der Waals surface area contributed by atoms with E-state index in [1.807, 2.05) is 18.3 Å². The van der Waals surface area contributed by atoms with E-state index in [-0.39, 0.29) is 12.3 Å². The summed E-state index contributed by atoms with van der Waals surface area (Å²) in [6.45, 7) is 0. The Morgan fingerprint density at radius 2 is 2.03 bits per heavy atom. The molecule has 31 heavy (non-hydrogen) atoms. The topological polar surface area (TPSA) is 113 Å². The van der Waals surface area contributed by atoms with Crippen molar-refractivity contribution in [3.8, 4) is 0 Å². The van der Waals surface area contributed by atoms with Crippen molar-refractivity contribution < 1.29 is 4.79 Å². The first-order valence-electron chi connectivity index (χ1n) is 10.8. The number of nitrogens with two attached hydrogens (primary N) is 2. The molecule has 1 fully saturated rings. The van der Waals surface area contributed by atoms with Crippen LogP contribution >= 0.6 is 0 Å². The molecule has 0 radical (unpaired) electrons. The van der Waals surface area contributed by atoms with Crippen LogP contribution in [-0.4, -0.2) is 25.4 Å². The van der Waals surface area contributed by atoms with E-state index in [4.69, 9.17) is 11.5 Å². The maximum Gasteiger partial charge on any atom is 0.221 e. The highest BCUT2D eigenvalue weighted by Gasteiger charge is 2.27. The maximum absolute atomic E-state index is 11.6. The van der Waals surface area contributed by atoms with Gasteiger partial charge < -0.3 is 16.0 Å².